The van der Waals surface area contributed by atoms with Crippen LogP contribution in [-0.4, -0.2) is 69.8 Å². The highest BCUT2D eigenvalue weighted by molar-refractivity contribution is 5.92. The lowest BCUT2D eigenvalue weighted by Gasteiger charge is -2.40. The quantitative estimate of drug-likeness (QED) is 0.567. The summed E-state index contributed by atoms with van der Waals surface area (Å²) in [5.74, 6) is -1.75. The maximum Gasteiger partial charge on any atom is 0.207 e. The molecule has 2 N–H and O–H groups in total. The first kappa shape index (κ1) is 21.9. The zero-order valence-corrected chi connectivity index (χ0v) is 18.4. The summed E-state index contributed by atoms with van der Waals surface area (Å²) < 4.78 is 30.1. The number of hydrogen-bond donors (Lipinski definition) is 2. The monoisotopic (exact) mass is 424 g/mol. The molecule has 4 aliphatic rings. The van der Waals surface area contributed by atoms with Crippen molar-refractivity contribution < 1.29 is 38.7 Å². The Morgan fingerprint density at radius 1 is 0.867 bits per heavy atom. The van der Waals surface area contributed by atoms with Gasteiger partial charge in [0.1, 0.15) is 36.3 Å². The summed E-state index contributed by atoms with van der Waals surface area (Å²) >= 11 is 0. The summed E-state index contributed by atoms with van der Waals surface area (Å²) in [7, 11) is 0. The zero-order valence-electron chi connectivity index (χ0n) is 18.4. The number of carbonyl (C=O) groups is 1. The summed E-state index contributed by atoms with van der Waals surface area (Å²) in [6.45, 7) is 10.6. The van der Waals surface area contributed by atoms with Gasteiger partial charge in [0.25, 0.3) is 0 Å². The van der Waals surface area contributed by atoms with Gasteiger partial charge in [-0.2, -0.15) is 0 Å². The minimum atomic E-state index is -1.18. The molecule has 0 aliphatic carbocycles. The Bertz CT molecular complexity index is 784. The molecule has 0 amide bonds. The van der Waals surface area contributed by atoms with Gasteiger partial charge in [0.15, 0.2) is 23.3 Å². The second kappa shape index (κ2) is 7.12. The summed E-state index contributed by atoms with van der Waals surface area (Å²) in [4.78, 5) is 13.6. The molecule has 4 aliphatic heterocycles. The smallest absolute Gasteiger partial charge is 0.207 e. The Labute approximate surface area is 176 Å². The molecular formula is C22H32O8. The molecule has 0 aromatic carbocycles. The van der Waals surface area contributed by atoms with Gasteiger partial charge in [0, 0.05) is 0 Å². The number of carbonyl (C=O) groups excluding carboxylic acids is 1. The van der Waals surface area contributed by atoms with E-state index in [0.29, 0.717) is 18.6 Å². The molecule has 168 valence electrons. The number of aliphatic hydroxyl groups is 2. The van der Waals surface area contributed by atoms with E-state index in [0.717, 1.165) is 5.57 Å². The Balaban J connectivity index is 1.80. The molecule has 8 nitrogen and oxygen atoms in total. The highest BCUT2D eigenvalue weighted by atomic mass is 16.8. The topological polar surface area (TPSA) is 104 Å². The van der Waals surface area contributed by atoms with Crippen molar-refractivity contribution in [1.82, 2.24) is 0 Å². The van der Waals surface area contributed by atoms with Crippen LogP contribution in [0.3, 0.4) is 0 Å². The normalized spacial score (nSPS) is 46.3. The Hall–Kier alpha value is -1.29. The number of aliphatic hydroxyl groups excluding tert-OH is 2. The van der Waals surface area contributed by atoms with E-state index in [9.17, 15) is 15.0 Å². The molecule has 0 unspecified atom stereocenters. The molecular weight excluding hydrogens is 392 g/mol. The molecule has 4 heterocycles. The van der Waals surface area contributed by atoms with Crippen molar-refractivity contribution in [2.75, 3.05) is 0 Å². The fraction of sp³-hybridized carbons (Fsp3) is 0.773. The van der Waals surface area contributed by atoms with Crippen LogP contribution in [0.1, 0.15) is 54.4 Å². The lowest BCUT2D eigenvalue weighted by molar-refractivity contribution is -0.170. The van der Waals surface area contributed by atoms with Crippen LogP contribution in [0.4, 0.5) is 0 Å². The van der Waals surface area contributed by atoms with E-state index in [1.54, 1.807) is 34.6 Å². The lowest BCUT2D eigenvalue weighted by atomic mass is 9.83. The van der Waals surface area contributed by atoms with Crippen molar-refractivity contribution in [3.63, 3.8) is 0 Å². The molecule has 0 aromatic rings. The highest BCUT2D eigenvalue weighted by Gasteiger charge is 2.56. The molecule has 2 fully saturated rings. The number of Topliss-reactive ketones (excluding diaryl/α,β-unsaturated/α-hetero) is 1. The Morgan fingerprint density at radius 3 is 1.93 bits per heavy atom. The van der Waals surface area contributed by atoms with E-state index < -0.39 is 53.8 Å². The molecule has 8 heteroatoms. The molecule has 0 saturated carbocycles. The Kier molecular flexibility index (Phi) is 5.20. The number of rotatable bonds is 0. The second-order valence-electron chi connectivity index (χ2n) is 9.75. The molecule has 0 spiro atoms. The van der Waals surface area contributed by atoms with Crippen molar-refractivity contribution in [1.29, 1.82) is 0 Å². The van der Waals surface area contributed by atoms with E-state index in [1.165, 1.54) is 12.2 Å². The first-order valence-corrected chi connectivity index (χ1v) is 10.5. The molecule has 7 atom stereocenters. The SMILES string of the molecule is CC1=C2O[C@](C)(CC1)C(=O)[C@@H]1OC(C)(C)O[C@H]1[C@H](O)/C=C/[C@@H](O)[C@@H]1OC(C)(C)O[C@@H]21. The minimum Gasteiger partial charge on any atom is -0.481 e. The van der Waals surface area contributed by atoms with E-state index in [2.05, 4.69) is 0 Å². The number of hydrogen-bond acceptors (Lipinski definition) is 8. The largest absolute Gasteiger partial charge is 0.481 e. The van der Waals surface area contributed by atoms with Crippen molar-refractivity contribution in [3.8, 4) is 0 Å². The third kappa shape index (κ3) is 3.74. The summed E-state index contributed by atoms with van der Waals surface area (Å²) in [5.41, 5.74) is -0.235. The van der Waals surface area contributed by atoms with Crippen LogP contribution < -0.4 is 0 Å². The standard InChI is InChI=1S/C22H32O8/c1-11-9-10-22(6)19(25)18-16(27-21(4,5)29-18)13(24)8-7-12(23)15-17(14(11)30-22)28-20(2,3)26-15/h7-8,12-13,15-18,23-24H,9-10H2,1-6H3/b8-7+/t12-,13-,15+,16+,17+,18-,22-/m1/s1. The van der Waals surface area contributed by atoms with Crippen LogP contribution in [0, 0.1) is 0 Å². The zero-order chi connectivity index (χ0) is 22.1. The van der Waals surface area contributed by atoms with Crippen LogP contribution in [0.15, 0.2) is 23.5 Å². The van der Waals surface area contributed by atoms with Gasteiger partial charge in [0.05, 0.1) is 0 Å². The van der Waals surface area contributed by atoms with E-state index in [4.69, 9.17) is 23.7 Å². The third-order valence-corrected chi connectivity index (χ3v) is 6.21. The van der Waals surface area contributed by atoms with Crippen molar-refractivity contribution in [3.05, 3.63) is 23.5 Å². The fourth-order valence-electron chi connectivity index (χ4n) is 4.64. The van der Waals surface area contributed by atoms with Crippen LogP contribution >= 0.6 is 0 Å². The lowest BCUT2D eigenvalue weighted by Crippen LogP contribution is -2.53. The van der Waals surface area contributed by atoms with E-state index in [-0.39, 0.29) is 5.78 Å². The number of ether oxygens (including phenoxy) is 5. The highest BCUT2D eigenvalue weighted by Crippen LogP contribution is 2.43. The summed E-state index contributed by atoms with van der Waals surface area (Å²) in [6.07, 6.45) is -1.62. The van der Waals surface area contributed by atoms with Gasteiger partial charge in [-0.1, -0.05) is 12.2 Å². The average molecular weight is 424 g/mol. The first-order valence-electron chi connectivity index (χ1n) is 10.5. The van der Waals surface area contributed by atoms with E-state index >= 15 is 0 Å². The van der Waals surface area contributed by atoms with Crippen molar-refractivity contribution in [2.24, 2.45) is 0 Å². The minimum absolute atomic E-state index is 0.286. The van der Waals surface area contributed by atoms with E-state index in [1.807, 2.05) is 6.92 Å². The van der Waals surface area contributed by atoms with Gasteiger partial charge in [-0.3, -0.25) is 4.79 Å². The van der Waals surface area contributed by atoms with Crippen LogP contribution in [0.5, 0.6) is 0 Å². The molecule has 2 saturated heterocycles. The summed E-state index contributed by atoms with van der Waals surface area (Å²) in [6, 6.07) is 0. The number of allylic oxidation sites excluding steroid dienone is 1. The van der Waals surface area contributed by atoms with Gasteiger partial charge in [-0.15, -0.1) is 0 Å². The Morgan fingerprint density at radius 2 is 1.37 bits per heavy atom. The molecule has 4 rings (SSSR count). The van der Waals surface area contributed by atoms with Gasteiger partial charge >= 0.3 is 0 Å². The first-order chi connectivity index (χ1) is 13.8. The van der Waals surface area contributed by atoms with Crippen LogP contribution in [-0.2, 0) is 28.5 Å². The molecule has 0 aromatic heterocycles. The fourth-order valence-corrected chi connectivity index (χ4v) is 4.64. The van der Waals surface area contributed by atoms with Crippen molar-refractivity contribution >= 4 is 5.78 Å². The average Bonchev–Trinajstić information content (AvgIpc) is 3.15. The molecule has 2 bridgehead atoms. The molecule has 0 radical (unpaired) electrons. The summed E-state index contributed by atoms with van der Waals surface area (Å²) in [5, 5.41) is 21.6. The maximum atomic E-state index is 13.6. The van der Waals surface area contributed by atoms with Crippen LogP contribution in [0.2, 0.25) is 0 Å². The van der Waals surface area contributed by atoms with Gasteiger partial charge in [-0.05, 0) is 60.0 Å². The third-order valence-electron chi connectivity index (χ3n) is 6.21. The number of fused-ring (bicyclic) bond motifs is 5. The predicted octanol–water partition coefficient (Wildman–Crippen LogP) is 1.73. The maximum absolute atomic E-state index is 13.6. The van der Waals surface area contributed by atoms with Crippen LogP contribution in [0.25, 0.3) is 0 Å². The molecule has 30 heavy (non-hydrogen) atoms. The van der Waals surface area contributed by atoms with Gasteiger partial charge in [-0.25, -0.2) is 0 Å². The second-order valence-corrected chi connectivity index (χ2v) is 9.75. The van der Waals surface area contributed by atoms with Gasteiger partial charge in [0.2, 0.25) is 5.78 Å². The number of ketones is 1. The van der Waals surface area contributed by atoms with Crippen molar-refractivity contribution in [2.45, 2.75) is 108 Å². The van der Waals surface area contributed by atoms with Gasteiger partial charge < -0.3 is 33.9 Å². The predicted molar refractivity (Wildman–Crippen MR) is 105 cm³/mol.